The van der Waals surface area contributed by atoms with Crippen molar-refractivity contribution in [3.05, 3.63) is 17.2 Å². The molecule has 0 radical (unpaired) electrons. The number of nitrogen functional groups attached to an aromatic ring is 1. The molecular formula is C12H17N3O3S. The van der Waals surface area contributed by atoms with Crippen LogP contribution in [0.2, 0.25) is 0 Å². The lowest BCUT2D eigenvalue weighted by Gasteiger charge is -2.35. The van der Waals surface area contributed by atoms with Gasteiger partial charge in [0.15, 0.2) is 5.13 Å². The van der Waals surface area contributed by atoms with Gasteiger partial charge in [0.05, 0.1) is 17.8 Å². The van der Waals surface area contributed by atoms with E-state index in [1.54, 1.807) is 26.0 Å². The topological polar surface area (TPSA) is 88.7 Å². The van der Waals surface area contributed by atoms with Crippen molar-refractivity contribution in [2.75, 3.05) is 12.3 Å². The Morgan fingerprint density at radius 1 is 1.63 bits per heavy atom. The second-order valence-electron chi connectivity index (χ2n) is 5.15. The minimum atomic E-state index is -1.01. The summed E-state index contributed by atoms with van der Waals surface area (Å²) in [5, 5.41) is 11.7. The molecule has 2 rings (SSSR count). The first-order valence-electron chi connectivity index (χ1n) is 5.82. The van der Waals surface area contributed by atoms with E-state index in [2.05, 4.69) is 4.98 Å². The number of thiazole rings is 1. The normalized spacial score (nSPS) is 26.2. The van der Waals surface area contributed by atoms with Gasteiger partial charge in [-0.2, -0.15) is 0 Å². The van der Waals surface area contributed by atoms with Gasteiger partial charge >= 0.3 is 6.09 Å². The molecule has 0 spiro atoms. The largest absolute Gasteiger partial charge is 0.465 e. The Labute approximate surface area is 115 Å². The first-order valence-corrected chi connectivity index (χ1v) is 6.70. The van der Waals surface area contributed by atoms with Crippen molar-refractivity contribution in [1.29, 1.82) is 0 Å². The van der Waals surface area contributed by atoms with Gasteiger partial charge in [0, 0.05) is 5.38 Å². The lowest BCUT2D eigenvalue weighted by molar-refractivity contribution is -0.0439. The second kappa shape index (κ2) is 4.50. The van der Waals surface area contributed by atoms with Crippen LogP contribution in [-0.4, -0.2) is 39.0 Å². The molecule has 7 heteroatoms. The molecule has 0 aromatic carbocycles. The van der Waals surface area contributed by atoms with E-state index >= 15 is 0 Å². The van der Waals surface area contributed by atoms with Crippen LogP contribution in [0.25, 0.3) is 6.08 Å². The highest BCUT2D eigenvalue weighted by Crippen LogP contribution is 2.36. The zero-order valence-corrected chi connectivity index (χ0v) is 11.9. The fraction of sp³-hybridized carbons (Fsp3) is 0.500. The van der Waals surface area contributed by atoms with Gasteiger partial charge in [0.1, 0.15) is 5.72 Å². The van der Waals surface area contributed by atoms with Crippen LogP contribution in [0.15, 0.2) is 11.5 Å². The summed E-state index contributed by atoms with van der Waals surface area (Å²) in [5.74, 6) is 0. The first kappa shape index (κ1) is 13.8. The number of anilines is 1. The number of rotatable bonds is 2. The van der Waals surface area contributed by atoms with Gasteiger partial charge in [-0.15, -0.1) is 11.3 Å². The van der Waals surface area contributed by atoms with E-state index in [-0.39, 0.29) is 0 Å². The van der Waals surface area contributed by atoms with Crippen molar-refractivity contribution in [1.82, 2.24) is 9.88 Å². The molecule has 1 amide bonds. The predicted molar refractivity (Wildman–Crippen MR) is 73.9 cm³/mol. The second-order valence-corrected chi connectivity index (χ2v) is 6.04. The molecule has 1 aliphatic heterocycles. The first-order chi connectivity index (χ1) is 8.74. The molecule has 6 nitrogen and oxygen atoms in total. The third-order valence-corrected chi connectivity index (χ3v) is 3.80. The Balaban J connectivity index is 2.27. The van der Waals surface area contributed by atoms with E-state index in [0.717, 1.165) is 5.69 Å². The smallest absolute Gasteiger partial charge is 0.410 e. The monoisotopic (exact) mass is 283 g/mol. The van der Waals surface area contributed by atoms with E-state index in [1.165, 1.54) is 16.2 Å². The average Bonchev–Trinajstić information content (AvgIpc) is 2.79. The van der Waals surface area contributed by atoms with E-state index in [4.69, 9.17) is 10.5 Å². The summed E-state index contributed by atoms with van der Waals surface area (Å²) < 4.78 is 5.57. The Hall–Kier alpha value is -1.60. The van der Waals surface area contributed by atoms with Crippen molar-refractivity contribution in [2.24, 2.45) is 0 Å². The van der Waals surface area contributed by atoms with Crippen LogP contribution in [-0.2, 0) is 4.74 Å². The molecule has 1 aliphatic rings. The van der Waals surface area contributed by atoms with Crippen molar-refractivity contribution < 1.29 is 14.6 Å². The fourth-order valence-electron chi connectivity index (χ4n) is 2.28. The Morgan fingerprint density at radius 2 is 2.32 bits per heavy atom. The summed E-state index contributed by atoms with van der Waals surface area (Å²) in [4.78, 5) is 16.9. The van der Waals surface area contributed by atoms with Crippen LogP contribution < -0.4 is 5.73 Å². The summed E-state index contributed by atoms with van der Waals surface area (Å²) in [6, 6.07) is 0. The summed E-state index contributed by atoms with van der Waals surface area (Å²) in [6.45, 7) is 5.60. The van der Waals surface area contributed by atoms with E-state index in [9.17, 15) is 9.90 Å². The van der Waals surface area contributed by atoms with Gasteiger partial charge in [-0.1, -0.05) is 6.08 Å². The lowest BCUT2D eigenvalue weighted by atomic mass is 10.00. The van der Waals surface area contributed by atoms with Crippen LogP contribution in [0.5, 0.6) is 0 Å². The van der Waals surface area contributed by atoms with E-state index in [0.29, 0.717) is 11.7 Å². The van der Waals surface area contributed by atoms with Crippen molar-refractivity contribution in [2.45, 2.75) is 32.0 Å². The van der Waals surface area contributed by atoms with E-state index in [1.807, 2.05) is 12.3 Å². The zero-order chi connectivity index (χ0) is 14.3. The molecule has 1 aromatic rings. The number of amides is 1. The number of nitrogens with two attached hydrogens (primary N) is 1. The summed E-state index contributed by atoms with van der Waals surface area (Å²) in [6.07, 6.45) is 2.56. The third-order valence-electron chi connectivity index (χ3n) is 3.11. The molecule has 1 aromatic heterocycles. The van der Waals surface area contributed by atoms with Crippen LogP contribution >= 0.6 is 11.3 Å². The zero-order valence-electron chi connectivity index (χ0n) is 11.1. The minimum absolute atomic E-state index is 0.308. The van der Waals surface area contributed by atoms with Gasteiger partial charge in [-0.3, -0.25) is 4.90 Å². The Kier molecular flexibility index (Phi) is 3.27. The molecule has 0 aliphatic carbocycles. The molecule has 3 N–H and O–H groups in total. The highest BCUT2D eigenvalue weighted by atomic mass is 32.1. The Morgan fingerprint density at radius 3 is 2.84 bits per heavy atom. The maximum absolute atomic E-state index is 11.4. The highest BCUT2D eigenvalue weighted by Gasteiger charge is 2.50. The van der Waals surface area contributed by atoms with Gasteiger partial charge in [0.2, 0.25) is 0 Å². The molecule has 104 valence electrons. The predicted octanol–water partition coefficient (Wildman–Crippen LogP) is 2.24. The number of ether oxygens (including phenoxy) is 1. The lowest BCUT2D eigenvalue weighted by Crippen LogP contribution is -2.52. The summed E-state index contributed by atoms with van der Waals surface area (Å²) in [5.41, 5.74) is 4.72. The maximum Gasteiger partial charge on any atom is 0.410 e. The van der Waals surface area contributed by atoms with Crippen molar-refractivity contribution >= 4 is 28.6 Å². The van der Waals surface area contributed by atoms with Gasteiger partial charge in [0.25, 0.3) is 0 Å². The molecule has 1 saturated heterocycles. The van der Waals surface area contributed by atoms with Crippen LogP contribution in [0, 0.1) is 0 Å². The SMILES string of the molecule is CC1(C=Cc2csc(N)n2)COC(C)(C)N1C(=O)O. The van der Waals surface area contributed by atoms with Gasteiger partial charge in [-0.25, -0.2) is 9.78 Å². The fourth-order valence-corrected chi connectivity index (χ4v) is 2.81. The molecule has 19 heavy (non-hydrogen) atoms. The summed E-state index contributed by atoms with van der Waals surface area (Å²) >= 11 is 1.35. The number of nitrogens with zero attached hydrogens (tertiary/aromatic N) is 2. The molecule has 0 bridgehead atoms. The maximum atomic E-state index is 11.4. The quantitative estimate of drug-likeness (QED) is 0.869. The molecule has 1 fully saturated rings. The number of hydrogen-bond acceptors (Lipinski definition) is 5. The molecule has 0 saturated carbocycles. The van der Waals surface area contributed by atoms with Crippen LogP contribution in [0.4, 0.5) is 9.93 Å². The standard InChI is InChI=1S/C12H17N3O3S/c1-11(2)15(10(16)17)12(3,7-18-11)5-4-8-6-19-9(13)14-8/h4-6H,7H2,1-3H3,(H2,13,14)(H,16,17). The van der Waals surface area contributed by atoms with Gasteiger partial charge < -0.3 is 15.6 Å². The van der Waals surface area contributed by atoms with Crippen LogP contribution in [0.1, 0.15) is 26.5 Å². The molecule has 1 atom stereocenters. The third kappa shape index (κ3) is 2.57. The minimum Gasteiger partial charge on any atom is -0.465 e. The van der Waals surface area contributed by atoms with Crippen molar-refractivity contribution in [3.63, 3.8) is 0 Å². The molecular weight excluding hydrogens is 266 g/mol. The van der Waals surface area contributed by atoms with Crippen molar-refractivity contribution in [3.8, 4) is 0 Å². The van der Waals surface area contributed by atoms with Crippen LogP contribution in [0.3, 0.4) is 0 Å². The number of hydrogen-bond donors (Lipinski definition) is 2. The molecule has 1 unspecified atom stereocenters. The summed E-state index contributed by atoms with van der Waals surface area (Å²) in [7, 11) is 0. The average molecular weight is 283 g/mol. The van der Waals surface area contributed by atoms with E-state index < -0.39 is 17.4 Å². The van der Waals surface area contributed by atoms with Gasteiger partial charge in [-0.05, 0) is 26.8 Å². The number of carboxylic acid groups (broad SMARTS) is 1. The number of carbonyl (C=O) groups is 1. The Bertz CT molecular complexity index is 526. The number of aromatic nitrogens is 1. The highest BCUT2D eigenvalue weighted by molar-refractivity contribution is 7.13. The molecule has 2 heterocycles.